The number of amides is 2. The van der Waals surface area contributed by atoms with Crippen LogP contribution in [0.2, 0.25) is 0 Å². The van der Waals surface area contributed by atoms with E-state index in [9.17, 15) is 18.8 Å². The summed E-state index contributed by atoms with van der Waals surface area (Å²) in [7, 11) is 0. The summed E-state index contributed by atoms with van der Waals surface area (Å²) in [5.74, 6) is -1.33. The Morgan fingerprint density at radius 2 is 1.77 bits per heavy atom. The van der Waals surface area contributed by atoms with Crippen molar-refractivity contribution in [3.8, 4) is 0 Å². The number of carbonyl (C=O) groups is 3. The Morgan fingerprint density at radius 1 is 1.13 bits per heavy atom. The SMILES string of the molecule is CC(C)C(=O)n1nc(NC(=O)c2ccc(F)cc2)c2c1CN(C(=O)OC(C)(C)C)C2. The van der Waals surface area contributed by atoms with Gasteiger partial charge in [-0.25, -0.2) is 13.9 Å². The lowest BCUT2D eigenvalue weighted by molar-refractivity contribution is 0.0237. The molecule has 160 valence electrons. The summed E-state index contributed by atoms with van der Waals surface area (Å²) in [5, 5.41) is 6.96. The number of rotatable bonds is 3. The molecule has 0 fully saturated rings. The van der Waals surface area contributed by atoms with E-state index in [4.69, 9.17) is 4.74 Å². The van der Waals surface area contributed by atoms with E-state index >= 15 is 0 Å². The number of carbonyl (C=O) groups excluding carboxylic acids is 3. The maximum absolute atomic E-state index is 13.1. The first-order valence-electron chi connectivity index (χ1n) is 9.66. The van der Waals surface area contributed by atoms with E-state index in [0.29, 0.717) is 11.3 Å². The van der Waals surface area contributed by atoms with Gasteiger partial charge in [-0.2, -0.15) is 0 Å². The molecule has 2 heterocycles. The molecule has 0 spiro atoms. The standard InChI is InChI=1S/C21H25FN4O4/c1-12(2)19(28)26-16-11-25(20(29)30-21(3,4)5)10-15(16)17(24-26)23-18(27)13-6-8-14(22)9-7-13/h6-9,12H,10-11H2,1-5H3,(H,23,24,27). The first kappa shape index (κ1) is 21.5. The van der Waals surface area contributed by atoms with Crippen LogP contribution in [-0.4, -0.2) is 38.2 Å². The van der Waals surface area contributed by atoms with Crippen molar-refractivity contribution in [2.45, 2.75) is 53.3 Å². The smallest absolute Gasteiger partial charge is 0.410 e. The van der Waals surface area contributed by atoms with Gasteiger partial charge in [-0.15, -0.1) is 5.10 Å². The van der Waals surface area contributed by atoms with E-state index < -0.39 is 23.4 Å². The predicted molar refractivity (Wildman–Crippen MR) is 108 cm³/mol. The monoisotopic (exact) mass is 416 g/mol. The molecule has 0 aliphatic carbocycles. The summed E-state index contributed by atoms with van der Waals surface area (Å²) in [6.07, 6.45) is -0.516. The highest BCUT2D eigenvalue weighted by Crippen LogP contribution is 2.31. The molecule has 0 saturated heterocycles. The zero-order chi connectivity index (χ0) is 22.2. The van der Waals surface area contributed by atoms with E-state index in [1.54, 1.807) is 34.6 Å². The van der Waals surface area contributed by atoms with E-state index in [-0.39, 0.29) is 36.3 Å². The van der Waals surface area contributed by atoms with Gasteiger partial charge in [0.2, 0.25) is 5.91 Å². The molecule has 2 aromatic rings. The lowest BCUT2D eigenvalue weighted by atomic mass is 10.2. The van der Waals surface area contributed by atoms with Crippen molar-refractivity contribution < 1.29 is 23.5 Å². The second kappa shape index (κ2) is 7.89. The molecular formula is C21H25FN4O4. The van der Waals surface area contributed by atoms with Gasteiger partial charge >= 0.3 is 6.09 Å². The van der Waals surface area contributed by atoms with Crippen molar-refractivity contribution in [1.29, 1.82) is 0 Å². The van der Waals surface area contributed by atoms with Crippen LogP contribution in [0.1, 0.15) is 61.0 Å². The second-order valence-electron chi connectivity index (χ2n) is 8.48. The Morgan fingerprint density at radius 3 is 2.33 bits per heavy atom. The summed E-state index contributed by atoms with van der Waals surface area (Å²) in [6, 6.07) is 5.08. The van der Waals surface area contributed by atoms with Gasteiger partial charge in [-0.05, 0) is 45.0 Å². The Kier molecular flexibility index (Phi) is 5.65. The maximum Gasteiger partial charge on any atom is 0.410 e. The maximum atomic E-state index is 13.1. The predicted octanol–water partition coefficient (Wildman–Crippen LogP) is 3.82. The molecule has 1 N–H and O–H groups in total. The van der Waals surface area contributed by atoms with Gasteiger partial charge in [0.1, 0.15) is 11.4 Å². The van der Waals surface area contributed by atoms with E-state index in [1.807, 2.05) is 0 Å². The van der Waals surface area contributed by atoms with E-state index in [1.165, 1.54) is 33.8 Å². The molecule has 30 heavy (non-hydrogen) atoms. The van der Waals surface area contributed by atoms with Crippen molar-refractivity contribution >= 4 is 23.7 Å². The molecule has 3 rings (SSSR count). The van der Waals surface area contributed by atoms with Crippen molar-refractivity contribution in [1.82, 2.24) is 14.7 Å². The summed E-state index contributed by atoms with van der Waals surface area (Å²) in [5.41, 5.74) is 0.696. The van der Waals surface area contributed by atoms with Crippen LogP contribution in [0.25, 0.3) is 0 Å². The first-order chi connectivity index (χ1) is 14.0. The number of hydrogen-bond acceptors (Lipinski definition) is 5. The van der Waals surface area contributed by atoms with Gasteiger partial charge in [0.05, 0.1) is 18.8 Å². The normalized spacial score (nSPS) is 13.4. The number of nitrogens with zero attached hydrogens (tertiary/aromatic N) is 3. The van der Waals surface area contributed by atoms with Crippen LogP contribution in [0.15, 0.2) is 24.3 Å². The van der Waals surface area contributed by atoms with Gasteiger partial charge in [0.15, 0.2) is 5.82 Å². The number of nitrogens with one attached hydrogen (secondary N) is 1. The fraction of sp³-hybridized carbons (Fsp3) is 0.429. The second-order valence-corrected chi connectivity index (χ2v) is 8.48. The highest BCUT2D eigenvalue weighted by molar-refractivity contribution is 6.04. The van der Waals surface area contributed by atoms with Crippen LogP contribution in [0.4, 0.5) is 15.0 Å². The van der Waals surface area contributed by atoms with E-state index in [2.05, 4.69) is 10.4 Å². The minimum atomic E-state index is -0.661. The van der Waals surface area contributed by atoms with Gasteiger partial charge < -0.3 is 10.1 Å². The van der Waals surface area contributed by atoms with Gasteiger partial charge in [-0.1, -0.05) is 13.8 Å². The Balaban J connectivity index is 1.90. The highest BCUT2D eigenvalue weighted by Gasteiger charge is 2.35. The quantitative estimate of drug-likeness (QED) is 0.821. The number of aromatic nitrogens is 2. The molecule has 0 bridgehead atoms. The number of anilines is 1. The molecule has 1 aliphatic rings. The number of hydrogen-bond donors (Lipinski definition) is 1. The Bertz CT molecular complexity index is 990. The third-order valence-corrected chi connectivity index (χ3v) is 4.47. The topological polar surface area (TPSA) is 93.5 Å². The lowest BCUT2D eigenvalue weighted by Crippen LogP contribution is -2.34. The van der Waals surface area contributed by atoms with Crippen molar-refractivity contribution in [3.63, 3.8) is 0 Å². The molecule has 8 nitrogen and oxygen atoms in total. The van der Waals surface area contributed by atoms with Crippen LogP contribution < -0.4 is 5.32 Å². The minimum absolute atomic E-state index is 0.141. The summed E-state index contributed by atoms with van der Waals surface area (Å²) >= 11 is 0. The fourth-order valence-corrected chi connectivity index (χ4v) is 3.01. The van der Waals surface area contributed by atoms with Gasteiger partial charge in [0.25, 0.3) is 5.91 Å². The summed E-state index contributed by atoms with van der Waals surface area (Å²) in [6.45, 7) is 9.09. The molecule has 9 heteroatoms. The average molecular weight is 416 g/mol. The fourth-order valence-electron chi connectivity index (χ4n) is 3.01. The number of halogens is 1. The molecule has 2 amide bonds. The van der Waals surface area contributed by atoms with Crippen molar-refractivity contribution in [3.05, 3.63) is 46.9 Å². The number of ether oxygens (including phenoxy) is 1. The highest BCUT2D eigenvalue weighted by atomic mass is 19.1. The van der Waals surface area contributed by atoms with Crippen LogP contribution in [-0.2, 0) is 17.8 Å². The largest absolute Gasteiger partial charge is 0.444 e. The molecule has 1 aromatic carbocycles. The number of fused-ring (bicyclic) bond motifs is 1. The van der Waals surface area contributed by atoms with Crippen LogP contribution >= 0.6 is 0 Å². The molecule has 0 atom stereocenters. The van der Waals surface area contributed by atoms with Crippen LogP contribution in [0.5, 0.6) is 0 Å². The molecule has 0 radical (unpaired) electrons. The summed E-state index contributed by atoms with van der Waals surface area (Å²) in [4.78, 5) is 39.1. The third-order valence-electron chi connectivity index (χ3n) is 4.47. The molecular weight excluding hydrogens is 391 g/mol. The molecule has 0 unspecified atom stereocenters. The van der Waals surface area contributed by atoms with Gasteiger partial charge in [0, 0.05) is 17.0 Å². The third kappa shape index (κ3) is 4.50. The van der Waals surface area contributed by atoms with Crippen LogP contribution in [0, 0.1) is 11.7 Å². The van der Waals surface area contributed by atoms with Crippen LogP contribution in [0.3, 0.4) is 0 Å². The average Bonchev–Trinajstić information content (AvgIpc) is 3.21. The van der Waals surface area contributed by atoms with E-state index in [0.717, 1.165) is 0 Å². The van der Waals surface area contributed by atoms with Crippen molar-refractivity contribution in [2.24, 2.45) is 5.92 Å². The van der Waals surface area contributed by atoms with Crippen molar-refractivity contribution in [2.75, 3.05) is 5.32 Å². The Hall–Kier alpha value is -3.23. The Labute approximate surface area is 174 Å². The minimum Gasteiger partial charge on any atom is -0.444 e. The zero-order valence-electron chi connectivity index (χ0n) is 17.7. The van der Waals surface area contributed by atoms with Gasteiger partial charge in [-0.3, -0.25) is 14.5 Å². The molecule has 0 saturated carbocycles. The zero-order valence-corrected chi connectivity index (χ0v) is 17.7. The lowest BCUT2D eigenvalue weighted by Gasteiger charge is -2.24. The molecule has 1 aromatic heterocycles. The summed E-state index contributed by atoms with van der Waals surface area (Å²) < 4.78 is 19.8. The first-order valence-corrected chi connectivity index (χ1v) is 9.66. The molecule has 1 aliphatic heterocycles. The number of benzene rings is 1.